The molecule has 1 aromatic heterocycles. The zero-order valence-electron chi connectivity index (χ0n) is 11.9. The zero-order chi connectivity index (χ0) is 14.5. The van der Waals surface area contributed by atoms with Gasteiger partial charge in [0.2, 0.25) is 0 Å². The molecule has 0 unspecified atom stereocenters. The average Bonchev–Trinajstić information content (AvgIpc) is 2.47. The third kappa shape index (κ3) is 3.35. The van der Waals surface area contributed by atoms with Crippen LogP contribution in [0, 0.1) is 0 Å². The van der Waals surface area contributed by atoms with Gasteiger partial charge in [-0.25, -0.2) is 0 Å². The summed E-state index contributed by atoms with van der Waals surface area (Å²) in [5.74, 6) is 1.59. The predicted octanol–water partition coefficient (Wildman–Crippen LogP) is 3.36. The monoisotopic (exact) mass is 270 g/mol. The predicted molar refractivity (Wildman–Crippen MR) is 78.2 cm³/mol. The minimum atomic E-state index is -0.231. The number of aromatic nitrogens is 1. The van der Waals surface area contributed by atoms with Crippen molar-refractivity contribution in [2.24, 2.45) is 0 Å². The summed E-state index contributed by atoms with van der Waals surface area (Å²) in [6.07, 6.45) is 1.56. The zero-order valence-corrected chi connectivity index (χ0v) is 11.9. The lowest BCUT2D eigenvalue weighted by Gasteiger charge is -2.09. The van der Waals surface area contributed by atoms with Crippen LogP contribution >= 0.6 is 0 Å². The number of carbonyl (C=O) groups excluding carboxylic acids is 1. The van der Waals surface area contributed by atoms with E-state index in [1.54, 1.807) is 25.4 Å². The average molecular weight is 270 g/mol. The maximum absolute atomic E-state index is 11.5. The molecule has 2 rings (SSSR count). The molecule has 0 aliphatic carbocycles. The fourth-order valence-electron chi connectivity index (χ4n) is 1.78. The van der Waals surface area contributed by atoms with Crippen molar-refractivity contribution >= 4 is 5.91 Å². The number of ether oxygens (including phenoxy) is 1. The lowest BCUT2D eigenvalue weighted by Crippen LogP contribution is -2.18. The van der Waals surface area contributed by atoms with Crippen molar-refractivity contribution in [1.82, 2.24) is 10.3 Å². The van der Waals surface area contributed by atoms with Gasteiger partial charge < -0.3 is 10.1 Å². The first kappa shape index (κ1) is 14.1. The number of hydrogen-bond acceptors (Lipinski definition) is 3. The van der Waals surface area contributed by atoms with Crippen LogP contribution in [-0.4, -0.2) is 17.9 Å². The molecule has 20 heavy (non-hydrogen) atoms. The Morgan fingerprint density at radius 1 is 1.15 bits per heavy atom. The van der Waals surface area contributed by atoms with E-state index in [0.29, 0.717) is 17.4 Å². The van der Waals surface area contributed by atoms with Gasteiger partial charge in [0, 0.05) is 19.3 Å². The Morgan fingerprint density at radius 3 is 2.45 bits per heavy atom. The molecule has 4 nitrogen and oxygen atoms in total. The van der Waals surface area contributed by atoms with E-state index >= 15 is 0 Å². The van der Waals surface area contributed by atoms with Gasteiger partial charge in [0.1, 0.15) is 17.2 Å². The maximum atomic E-state index is 11.5. The Labute approximate surface area is 118 Å². The number of pyridine rings is 1. The molecule has 0 spiro atoms. The second-order valence-electron chi connectivity index (χ2n) is 4.78. The van der Waals surface area contributed by atoms with Gasteiger partial charge in [0.25, 0.3) is 5.91 Å². The van der Waals surface area contributed by atoms with E-state index in [-0.39, 0.29) is 5.91 Å². The van der Waals surface area contributed by atoms with Gasteiger partial charge in [-0.15, -0.1) is 0 Å². The molecule has 1 heterocycles. The van der Waals surface area contributed by atoms with Crippen LogP contribution in [0.15, 0.2) is 42.6 Å². The van der Waals surface area contributed by atoms with Crippen LogP contribution in [0.25, 0.3) is 0 Å². The largest absolute Gasteiger partial charge is 0.457 e. The molecule has 0 aliphatic heterocycles. The fourth-order valence-corrected chi connectivity index (χ4v) is 1.78. The van der Waals surface area contributed by atoms with Crippen LogP contribution < -0.4 is 10.1 Å². The first-order chi connectivity index (χ1) is 9.60. The van der Waals surface area contributed by atoms with Crippen molar-refractivity contribution in [2.75, 3.05) is 7.05 Å². The van der Waals surface area contributed by atoms with E-state index in [1.165, 1.54) is 5.56 Å². The van der Waals surface area contributed by atoms with E-state index in [0.717, 1.165) is 5.75 Å². The topological polar surface area (TPSA) is 51.2 Å². The first-order valence-corrected chi connectivity index (χ1v) is 6.56. The van der Waals surface area contributed by atoms with Crippen LogP contribution in [0.1, 0.15) is 35.8 Å². The Hall–Kier alpha value is -2.36. The number of nitrogens with one attached hydrogen (secondary N) is 1. The summed E-state index contributed by atoms with van der Waals surface area (Å²) in [5, 5.41) is 2.54. The van der Waals surface area contributed by atoms with Crippen molar-refractivity contribution in [3.05, 3.63) is 53.9 Å². The molecule has 0 radical (unpaired) electrons. The molecule has 0 saturated carbocycles. The van der Waals surface area contributed by atoms with Crippen molar-refractivity contribution in [1.29, 1.82) is 0 Å². The van der Waals surface area contributed by atoms with Crippen molar-refractivity contribution in [3.8, 4) is 11.5 Å². The molecule has 1 amide bonds. The number of rotatable bonds is 4. The molecule has 0 bridgehead atoms. The summed E-state index contributed by atoms with van der Waals surface area (Å²) in [6.45, 7) is 4.29. The second-order valence-corrected chi connectivity index (χ2v) is 4.78. The van der Waals surface area contributed by atoms with Crippen LogP contribution in [0.3, 0.4) is 0 Å². The number of hydrogen-bond donors (Lipinski definition) is 1. The molecule has 0 saturated heterocycles. The summed E-state index contributed by atoms with van der Waals surface area (Å²) in [4.78, 5) is 15.5. The van der Waals surface area contributed by atoms with Gasteiger partial charge in [-0.3, -0.25) is 9.78 Å². The Morgan fingerprint density at radius 2 is 1.85 bits per heavy atom. The maximum Gasteiger partial charge on any atom is 0.269 e. The van der Waals surface area contributed by atoms with Crippen LogP contribution in [0.4, 0.5) is 0 Å². The number of carbonyl (C=O) groups is 1. The third-order valence-corrected chi connectivity index (χ3v) is 2.97. The first-order valence-electron chi connectivity index (χ1n) is 6.56. The van der Waals surface area contributed by atoms with Crippen LogP contribution in [-0.2, 0) is 0 Å². The molecule has 0 fully saturated rings. The normalized spacial score (nSPS) is 10.4. The van der Waals surface area contributed by atoms with Gasteiger partial charge in [-0.1, -0.05) is 26.0 Å². The molecule has 1 aromatic carbocycles. The van der Waals surface area contributed by atoms with Gasteiger partial charge >= 0.3 is 0 Å². The van der Waals surface area contributed by atoms with Crippen molar-refractivity contribution < 1.29 is 9.53 Å². The highest BCUT2D eigenvalue weighted by atomic mass is 16.5. The fraction of sp³-hybridized carbons (Fsp3) is 0.250. The minimum Gasteiger partial charge on any atom is -0.457 e. The van der Waals surface area contributed by atoms with E-state index in [2.05, 4.69) is 24.1 Å². The summed E-state index contributed by atoms with van der Waals surface area (Å²) in [7, 11) is 1.57. The smallest absolute Gasteiger partial charge is 0.269 e. The highest BCUT2D eigenvalue weighted by Crippen LogP contribution is 2.24. The second kappa shape index (κ2) is 6.19. The molecule has 0 aliphatic rings. The minimum absolute atomic E-state index is 0.231. The van der Waals surface area contributed by atoms with Gasteiger partial charge in [-0.05, 0) is 29.7 Å². The lowest BCUT2D eigenvalue weighted by molar-refractivity contribution is 0.0958. The Balaban J connectivity index is 2.15. The van der Waals surface area contributed by atoms with E-state index in [4.69, 9.17) is 4.74 Å². The van der Waals surface area contributed by atoms with Gasteiger partial charge in [0.05, 0.1) is 0 Å². The SMILES string of the molecule is CNC(=O)c1cc(Oc2ccc(C(C)C)cc2)ccn1. The van der Waals surface area contributed by atoms with Gasteiger partial charge in [-0.2, -0.15) is 0 Å². The van der Waals surface area contributed by atoms with Gasteiger partial charge in [0.15, 0.2) is 0 Å². The quantitative estimate of drug-likeness (QED) is 0.926. The molecule has 4 heteroatoms. The summed E-state index contributed by atoms with van der Waals surface area (Å²) in [6, 6.07) is 11.3. The van der Waals surface area contributed by atoms with Crippen molar-refractivity contribution in [2.45, 2.75) is 19.8 Å². The number of nitrogens with zero attached hydrogens (tertiary/aromatic N) is 1. The molecule has 0 atom stereocenters. The molecular weight excluding hydrogens is 252 g/mol. The van der Waals surface area contributed by atoms with Crippen LogP contribution in [0.2, 0.25) is 0 Å². The summed E-state index contributed by atoms with van der Waals surface area (Å²) in [5.41, 5.74) is 1.60. The molecule has 2 aromatic rings. The van der Waals surface area contributed by atoms with Crippen LogP contribution in [0.5, 0.6) is 11.5 Å². The van der Waals surface area contributed by atoms with Crippen molar-refractivity contribution in [3.63, 3.8) is 0 Å². The third-order valence-electron chi connectivity index (χ3n) is 2.97. The highest BCUT2D eigenvalue weighted by molar-refractivity contribution is 5.92. The highest BCUT2D eigenvalue weighted by Gasteiger charge is 2.07. The van der Waals surface area contributed by atoms with E-state index < -0.39 is 0 Å². The van der Waals surface area contributed by atoms with E-state index in [1.807, 2.05) is 24.3 Å². The lowest BCUT2D eigenvalue weighted by atomic mass is 10.0. The number of benzene rings is 1. The Kier molecular flexibility index (Phi) is 4.35. The molecular formula is C16H18N2O2. The Bertz CT molecular complexity index is 592. The summed E-state index contributed by atoms with van der Waals surface area (Å²) < 4.78 is 5.73. The standard InChI is InChI=1S/C16H18N2O2/c1-11(2)12-4-6-13(7-5-12)20-14-8-9-18-15(10-14)16(19)17-3/h4-11H,1-3H3,(H,17,19). The summed E-state index contributed by atoms with van der Waals surface area (Å²) >= 11 is 0. The molecule has 1 N–H and O–H groups in total. The number of amides is 1. The molecule has 104 valence electrons. The van der Waals surface area contributed by atoms with E-state index in [9.17, 15) is 4.79 Å².